The van der Waals surface area contributed by atoms with Gasteiger partial charge in [-0.05, 0) is 0 Å². The summed E-state index contributed by atoms with van der Waals surface area (Å²) in [4.78, 5) is 32.1. The molecule has 0 bridgehead atoms. The van der Waals surface area contributed by atoms with Gasteiger partial charge in [0.25, 0.3) is 0 Å². The second-order valence-corrected chi connectivity index (χ2v) is 4.20. The zero-order valence-corrected chi connectivity index (χ0v) is 9.85. The number of ether oxygens (including phenoxy) is 1. The lowest BCUT2D eigenvalue weighted by molar-refractivity contribution is -0.142. The SMILES string of the molecule is CC(=O)N[C@@H](COC(C)=O)CSC(C)=O. The van der Waals surface area contributed by atoms with E-state index in [1.165, 1.54) is 20.8 Å². The fourth-order valence-electron chi connectivity index (χ4n) is 0.855. The van der Waals surface area contributed by atoms with Gasteiger partial charge in [-0.3, -0.25) is 14.4 Å². The van der Waals surface area contributed by atoms with E-state index in [0.29, 0.717) is 5.75 Å². The Morgan fingerprint density at radius 1 is 1.27 bits per heavy atom. The predicted octanol–water partition coefficient (Wildman–Crippen LogP) is 0.334. The number of hydrogen-bond acceptors (Lipinski definition) is 5. The van der Waals surface area contributed by atoms with E-state index in [-0.39, 0.29) is 23.7 Å². The van der Waals surface area contributed by atoms with Gasteiger partial charge in [-0.25, -0.2) is 0 Å². The summed E-state index contributed by atoms with van der Waals surface area (Å²) in [6.45, 7) is 4.21. The molecule has 1 amide bonds. The Morgan fingerprint density at radius 2 is 1.87 bits per heavy atom. The van der Waals surface area contributed by atoms with Gasteiger partial charge in [0.05, 0.1) is 6.04 Å². The molecule has 0 saturated carbocycles. The minimum atomic E-state index is -0.404. The first-order valence-electron chi connectivity index (χ1n) is 4.45. The van der Waals surface area contributed by atoms with Crippen molar-refractivity contribution < 1.29 is 19.1 Å². The number of carbonyl (C=O) groups excluding carboxylic acids is 3. The zero-order chi connectivity index (χ0) is 11.8. The van der Waals surface area contributed by atoms with E-state index in [2.05, 4.69) is 5.32 Å². The molecule has 15 heavy (non-hydrogen) atoms. The van der Waals surface area contributed by atoms with E-state index >= 15 is 0 Å². The highest BCUT2D eigenvalue weighted by atomic mass is 32.2. The number of amides is 1. The summed E-state index contributed by atoms with van der Waals surface area (Å²) in [5.41, 5.74) is 0. The van der Waals surface area contributed by atoms with Crippen LogP contribution in [0.4, 0.5) is 0 Å². The highest BCUT2D eigenvalue weighted by Gasteiger charge is 2.12. The maximum atomic E-state index is 10.8. The van der Waals surface area contributed by atoms with Crippen LogP contribution in [-0.2, 0) is 19.1 Å². The lowest BCUT2D eigenvalue weighted by Crippen LogP contribution is -2.39. The molecule has 0 aliphatic carbocycles. The minimum Gasteiger partial charge on any atom is -0.464 e. The molecule has 0 fully saturated rings. The topological polar surface area (TPSA) is 72.5 Å². The van der Waals surface area contributed by atoms with Crippen LogP contribution in [0.25, 0.3) is 0 Å². The van der Waals surface area contributed by atoms with Gasteiger partial charge in [0.15, 0.2) is 5.12 Å². The number of nitrogens with one attached hydrogen (secondary N) is 1. The number of thioether (sulfide) groups is 1. The third kappa shape index (κ3) is 9.27. The molecule has 0 aromatic carbocycles. The Labute approximate surface area is 92.9 Å². The molecule has 0 aromatic rings. The largest absolute Gasteiger partial charge is 0.464 e. The molecule has 0 aliphatic heterocycles. The molecule has 1 atom stereocenters. The standard InChI is InChI=1S/C9H15NO4S/c1-6(11)10-9(4-14-7(2)12)5-15-8(3)13/h9H,4-5H2,1-3H3,(H,10,11)/t9-/m0/s1. The quantitative estimate of drug-likeness (QED) is 0.693. The third-order valence-electron chi connectivity index (χ3n) is 1.38. The van der Waals surface area contributed by atoms with Crippen molar-refractivity contribution in [2.24, 2.45) is 0 Å². The molecule has 86 valence electrons. The van der Waals surface area contributed by atoms with Crippen molar-refractivity contribution in [2.75, 3.05) is 12.4 Å². The number of hydrogen-bond donors (Lipinski definition) is 1. The molecule has 0 heterocycles. The molecular weight excluding hydrogens is 218 g/mol. The molecule has 5 nitrogen and oxygen atoms in total. The minimum absolute atomic E-state index is 0.0341. The van der Waals surface area contributed by atoms with Crippen LogP contribution >= 0.6 is 11.8 Å². The average Bonchev–Trinajstić information content (AvgIpc) is 2.08. The summed E-state index contributed by atoms with van der Waals surface area (Å²) in [5.74, 6) is -0.211. The van der Waals surface area contributed by atoms with E-state index in [4.69, 9.17) is 4.74 Å². The van der Waals surface area contributed by atoms with Gasteiger partial charge in [-0.15, -0.1) is 0 Å². The summed E-state index contributed by atoms with van der Waals surface area (Å²) >= 11 is 1.09. The number of rotatable bonds is 5. The van der Waals surface area contributed by atoms with E-state index in [9.17, 15) is 14.4 Å². The normalized spacial score (nSPS) is 11.7. The second-order valence-electron chi connectivity index (χ2n) is 3.00. The monoisotopic (exact) mass is 233 g/mol. The van der Waals surface area contributed by atoms with Gasteiger partial charge in [-0.1, -0.05) is 11.8 Å². The smallest absolute Gasteiger partial charge is 0.302 e. The fraction of sp³-hybridized carbons (Fsp3) is 0.667. The van der Waals surface area contributed by atoms with E-state index in [0.717, 1.165) is 11.8 Å². The maximum Gasteiger partial charge on any atom is 0.302 e. The Morgan fingerprint density at radius 3 is 2.27 bits per heavy atom. The second kappa shape index (κ2) is 7.28. The molecule has 0 unspecified atom stereocenters. The zero-order valence-electron chi connectivity index (χ0n) is 9.03. The molecule has 0 aromatic heterocycles. The van der Waals surface area contributed by atoms with Crippen LogP contribution in [-0.4, -0.2) is 35.4 Å². The fourth-order valence-corrected chi connectivity index (χ4v) is 1.47. The molecule has 0 spiro atoms. The van der Waals surface area contributed by atoms with Crippen molar-refractivity contribution in [3.63, 3.8) is 0 Å². The van der Waals surface area contributed by atoms with Gasteiger partial charge in [0.2, 0.25) is 5.91 Å². The summed E-state index contributed by atoms with van der Waals surface area (Å²) in [7, 11) is 0. The molecule has 6 heteroatoms. The van der Waals surface area contributed by atoms with Crippen LogP contribution in [0.5, 0.6) is 0 Å². The van der Waals surface area contributed by atoms with Crippen molar-refractivity contribution in [3.8, 4) is 0 Å². The first-order chi connectivity index (χ1) is 6.91. The Balaban J connectivity index is 3.99. The summed E-state index contributed by atoms with van der Waals surface area (Å²) < 4.78 is 4.76. The van der Waals surface area contributed by atoms with Crippen molar-refractivity contribution >= 4 is 28.8 Å². The highest BCUT2D eigenvalue weighted by molar-refractivity contribution is 8.13. The van der Waals surface area contributed by atoms with E-state index in [1.54, 1.807) is 0 Å². The number of carbonyl (C=O) groups is 3. The number of esters is 1. The molecule has 1 N–H and O–H groups in total. The van der Waals surface area contributed by atoms with Gasteiger partial charge < -0.3 is 10.1 Å². The maximum absolute atomic E-state index is 10.8. The van der Waals surface area contributed by atoms with Crippen LogP contribution in [0.1, 0.15) is 20.8 Å². The molecule has 0 aliphatic rings. The summed E-state index contributed by atoms with van der Waals surface area (Å²) in [6.07, 6.45) is 0. The van der Waals surface area contributed by atoms with Crippen LogP contribution in [0.3, 0.4) is 0 Å². The van der Waals surface area contributed by atoms with E-state index in [1.807, 2.05) is 0 Å². The van der Waals surface area contributed by atoms with Gasteiger partial charge in [0.1, 0.15) is 6.61 Å². The highest BCUT2D eigenvalue weighted by Crippen LogP contribution is 2.04. The van der Waals surface area contributed by atoms with Crippen LogP contribution in [0, 0.1) is 0 Å². The Hall–Kier alpha value is -1.04. The molecular formula is C9H15NO4S. The molecule has 0 rings (SSSR count). The van der Waals surface area contributed by atoms with Gasteiger partial charge >= 0.3 is 5.97 Å². The lowest BCUT2D eigenvalue weighted by atomic mass is 10.3. The van der Waals surface area contributed by atoms with Crippen molar-refractivity contribution in [2.45, 2.75) is 26.8 Å². The Bertz CT molecular complexity index is 236. The predicted molar refractivity (Wildman–Crippen MR) is 57.4 cm³/mol. The van der Waals surface area contributed by atoms with Crippen LogP contribution in [0.15, 0.2) is 0 Å². The van der Waals surface area contributed by atoms with Gasteiger partial charge in [-0.2, -0.15) is 0 Å². The summed E-state index contributed by atoms with van der Waals surface area (Å²) in [6, 6.07) is -0.319. The summed E-state index contributed by atoms with van der Waals surface area (Å²) in [5, 5.41) is 2.57. The van der Waals surface area contributed by atoms with Crippen molar-refractivity contribution in [1.29, 1.82) is 0 Å². The average molecular weight is 233 g/mol. The Kier molecular flexibility index (Phi) is 6.77. The van der Waals surface area contributed by atoms with Crippen LogP contribution in [0.2, 0.25) is 0 Å². The lowest BCUT2D eigenvalue weighted by Gasteiger charge is -2.16. The molecule has 0 saturated heterocycles. The van der Waals surface area contributed by atoms with Crippen molar-refractivity contribution in [1.82, 2.24) is 5.32 Å². The molecule has 0 radical (unpaired) electrons. The van der Waals surface area contributed by atoms with E-state index < -0.39 is 5.97 Å². The first-order valence-corrected chi connectivity index (χ1v) is 5.44. The third-order valence-corrected chi connectivity index (χ3v) is 2.36. The first kappa shape index (κ1) is 14.0. The van der Waals surface area contributed by atoms with Gasteiger partial charge in [0, 0.05) is 26.5 Å². The van der Waals surface area contributed by atoms with Crippen molar-refractivity contribution in [3.05, 3.63) is 0 Å². The van der Waals surface area contributed by atoms with Crippen LogP contribution < -0.4 is 5.32 Å².